The molecule has 2 aromatic carbocycles. The van der Waals surface area contributed by atoms with E-state index in [1.807, 2.05) is 55.5 Å². The van der Waals surface area contributed by atoms with Crippen LogP contribution in [-0.2, 0) is 9.59 Å². The number of fused-ring (bicyclic) bond motifs is 1. The predicted octanol–water partition coefficient (Wildman–Crippen LogP) is 4.75. The van der Waals surface area contributed by atoms with Crippen molar-refractivity contribution in [1.29, 1.82) is 0 Å². The molecule has 4 rings (SSSR count). The number of aryl methyl sites for hydroxylation is 1. The maximum absolute atomic E-state index is 13.6. The smallest absolute Gasteiger partial charge is 0.271 e. The monoisotopic (exact) mass is 461 g/mol. The number of thiocarbonyl (C=S) groups is 1. The first-order chi connectivity index (χ1) is 15.5. The van der Waals surface area contributed by atoms with Crippen LogP contribution in [0.5, 0.6) is 0 Å². The molecule has 0 saturated carbocycles. The molecule has 0 bridgehead atoms. The van der Waals surface area contributed by atoms with Gasteiger partial charge in [-0.05, 0) is 24.6 Å². The average Bonchev–Trinajstić information content (AvgIpc) is 3.21. The zero-order valence-electron chi connectivity index (χ0n) is 17.8. The summed E-state index contributed by atoms with van der Waals surface area (Å²) in [6.07, 6.45) is 3.59. The van der Waals surface area contributed by atoms with Crippen LogP contribution in [0.25, 0.3) is 5.57 Å². The van der Waals surface area contributed by atoms with Gasteiger partial charge in [0.15, 0.2) is 4.32 Å². The molecule has 0 spiro atoms. The molecule has 1 fully saturated rings. The van der Waals surface area contributed by atoms with Crippen LogP contribution < -0.4 is 9.80 Å². The van der Waals surface area contributed by atoms with Crippen LogP contribution in [-0.4, -0.2) is 40.8 Å². The molecule has 0 N–H and O–H groups in total. The number of carbonyl (C=O) groups is 2. The third-order valence-corrected chi connectivity index (χ3v) is 6.76. The second-order valence-corrected chi connectivity index (χ2v) is 9.15. The lowest BCUT2D eigenvalue weighted by molar-refractivity contribution is -0.115. The summed E-state index contributed by atoms with van der Waals surface area (Å²) in [7, 11) is 0. The second-order valence-electron chi connectivity index (χ2n) is 7.50. The van der Waals surface area contributed by atoms with E-state index in [2.05, 4.69) is 18.1 Å². The standard InChI is InChI=1S/C25H23N3O2S2/c1-4-14-26(15-5-2)16-27-20-13-9-7-11-18(20)21(23(27)29)22-24(30)28(25(31)32-22)19-12-8-6-10-17(19)3/h4-13H,1-2,14-16H2,3H3/b22-21-. The molecule has 162 valence electrons. The first-order valence-corrected chi connectivity index (χ1v) is 11.4. The largest absolute Gasteiger partial charge is 0.294 e. The first kappa shape index (κ1) is 22.2. The molecule has 0 aliphatic carbocycles. The van der Waals surface area contributed by atoms with Gasteiger partial charge >= 0.3 is 0 Å². The van der Waals surface area contributed by atoms with Gasteiger partial charge in [-0.3, -0.25) is 24.3 Å². The van der Waals surface area contributed by atoms with E-state index >= 15 is 0 Å². The number of hydrogen-bond donors (Lipinski definition) is 0. The van der Waals surface area contributed by atoms with Gasteiger partial charge in [-0.25, -0.2) is 0 Å². The lowest BCUT2D eigenvalue weighted by atomic mass is 10.1. The van der Waals surface area contributed by atoms with Crippen LogP contribution in [0.2, 0.25) is 0 Å². The molecule has 0 atom stereocenters. The highest BCUT2D eigenvalue weighted by Crippen LogP contribution is 2.45. The van der Waals surface area contributed by atoms with E-state index in [0.717, 1.165) is 22.5 Å². The molecule has 2 amide bonds. The van der Waals surface area contributed by atoms with Crippen molar-refractivity contribution in [3.63, 3.8) is 0 Å². The summed E-state index contributed by atoms with van der Waals surface area (Å²) in [6, 6.07) is 15.2. The Balaban J connectivity index is 1.77. The topological polar surface area (TPSA) is 43.9 Å². The summed E-state index contributed by atoms with van der Waals surface area (Å²) in [6.45, 7) is 11.1. The number of amides is 2. The third-order valence-electron chi connectivity index (χ3n) is 5.39. The Labute approximate surface area is 197 Å². The van der Waals surface area contributed by atoms with Crippen LogP contribution in [0.1, 0.15) is 11.1 Å². The molecule has 1 saturated heterocycles. The van der Waals surface area contributed by atoms with Crippen molar-refractivity contribution >= 4 is 57.1 Å². The summed E-state index contributed by atoms with van der Waals surface area (Å²) in [4.78, 5) is 32.8. The summed E-state index contributed by atoms with van der Waals surface area (Å²) in [5.41, 5.74) is 3.63. The molecule has 0 radical (unpaired) electrons. The minimum atomic E-state index is -0.261. The SMILES string of the molecule is C=CCN(CC=C)CN1C(=O)/C(=C2\SC(=S)N(c3ccccc3C)C2=O)c2ccccc21. The highest BCUT2D eigenvalue weighted by Gasteiger charge is 2.43. The fourth-order valence-electron chi connectivity index (χ4n) is 3.94. The van der Waals surface area contributed by atoms with Crippen molar-refractivity contribution in [3.05, 3.63) is 89.9 Å². The summed E-state index contributed by atoms with van der Waals surface area (Å²) in [5, 5.41) is 0. The van der Waals surface area contributed by atoms with Gasteiger partial charge in [0.05, 0.1) is 28.5 Å². The predicted molar refractivity (Wildman–Crippen MR) is 137 cm³/mol. The van der Waals surface area contributed by atoms with E-state index < -0.39 is 0 Å². The van der Waals surface area contributed by atoms with Crippen molar-refractivity contribution in [2.45, 2.75) is 6.92 Å². The lowest BCUT2D eigenvalue weighted by Crippen LogP contribution is -2.40. The maximum atomic E-state index is 13.6. The van der Waals surface area contributed by atoms with E-state index in [-0.39, 0.29) is 11.8 Å². The fraction of sp³-hybridized carbons (Fsp3) is 0.160. The second kappa shape index (κ2) is 9.24. The number of nitrogens with zero attached hydrogens (tertiary/aromatic N) is 3. The van der Waals surface area contributed by atoms with Crippen molar-refractivity contribution in [2.75, 3.05) is 29.6 Å². The Hall–Kier alpha value is -3.00. The molecule has 0 aromatic heterocycles. The van der Waals surface area contributed by atoms with Crippen LogP contribution in [0.3, 0.4) is 0 Å². The van der Waals surface area contributed by atoms with Crippen molar-refractivity contribution in [3.8, 4) is 0 Å². The van der Waals surface area contributed by atoms with E-state index in [9.17, 15) is 9.59 Å². The summed E-state index contributed by atoms with van der Waals surface area (Å²) >= 11 is 6.74. The zero-order valence-corrected chi connectivity index (χ0v) is 19.4. The molecular weight excluding hydrogens is 438 g/mol. The molecule has 7 heteroatoms. The molecule has 5 nitrogen and oxygen atoms in total. The fourth-order valence-corrected chi connectivity index (χ4v) is 5.29. The minimum Gasteiger partial charge on any atom is -0.294 e. The third kappa shape index (κ3) is 3.83. The highest BCUT2D eigenvalue weighted by molar-refractivity contribution is 8.27. The molecule has 0 unspecified atom stereocenters. The molecular formula is C25H23N3O2S2. The Morgan fingerprint density at radius 3 is 2.25 bits per heavy atom. The number of anilines is 2. The number of para-hydroxylation sites is 2. The number of carbonyl (C=O) groups excluding carboxylic acids is 2. The Morgan fingerprint density at radius 1 is 0.969 bits per heavy atom. The van der Waals surface area contributed by atoms with E-state index in [4.69, 9.17) is 12.2 Å². The van der Waals surface area contributed by atoms with Crippen LogP contribution in [0.4, 0.5) is 11.4 Å². The Morgan fingerprint density at radius 2 is 1.59 bits per heavy atom. The van der Waals surface area contributed by atoms with Gasteiger partial charge < -0.3 is 0 Å². The highest BCUT2D eigenvalue weighted by atomic mass is 32.2. The summed E-state index contributed by atoms with van der Waals surface area (Å²) < 4.78 is 0.426. The molecule has 2 aliphatic rings. The van der Waals surface area contributed by atoms with Crippen LogP contribution >= 0.6 is 24.0 Å². The number of thioether (sulfide) groups is 1. The lowest BCUT2D eigenvalue weighted by Gasteiger charge is -2.26. The summed E-state index contributed by atoms with van der Waals surface area (Å²) in [5.74, 6) is -0.460. The normalized spacial score (nSPS) is 18.0. The molecule has 2 aromatic rings. The van der Waals surface area contributed by atoms with Gasteiger partial charge in [0.2, 0.25) is 0 Å². The van der Waals surface area contributed by atoms with Crippen LogP contribution in [0.15, 0.2) is 78.7 Å². The average molecular weight is 462 g/mol. The maximum Gasteiger partial charge on any atom is 0.271 e. The van der Waals surface area contributed by atoms with E-state index in [1.54, 1.807) is 17.1 Å². The molecule has 2 heterocycles. The van der Waals surface area contributed by atoms with E-state index in [1.165, 1.54) is 16.7 Å². The Kier molecular flexibility index (Phi) is 6.41. The molecule has 32 heavy (non-hydrogen) atoms. The number of hydrogen-bond acceptors (Lipinski definition) is 5. The van der Waals surface area contributed by atoms with Crippen molar-refractivity contribution < 1.29 is 9.59 Å². The van der Waals surface area contributed by atoms with Gasteiger partial charge in [0.25, 0.3) is 11.8 Å². The van der Waals surface area contributed by atoms with Gasteiger partial charge in [-0.2, -0.15) is 0 Å². The van der Waals surface area contributed by atoms with Gasteiger partial charge in [-0.1, -0.05) is 72.5 Å². The van der Waals surface area contributed by atoms with Crippen molar-refractivity contribution in [2.24, 2.45) is 0 Å². The number of benzene rings is 2. The Bertz CT molecular complexity index is 1160. The van der Waals surface area contributed by atoms with Gasteiger partial charge in [0.1, 0.15) is 0 Å². The zero-order chi connectivity index (χ0) is 22.8. The minimum absolute atomic E-state index is 0.199. The molecule has 2 aliphatic heterocycles. The van der Waals surface area contributed by atoms with Gasteiger partial charge in [0, 0.05) is 18.7 Å². The first-order valence-electron chi connectivity index (χ1n) is 10.2. The van der Waals surface area contributed by atoms with Crippen LogP contribution in [0, 0.1) is 6.92 Å². The number of rotatable bonds is 7. The quantitative estimate of drug-likeness (QED) is 0.338. The van der Waals surface area contributed by atoms with Gasteiger partial charge in [-0.15, -0.1) is 13.2 Å². The van der Waals surface area contributed by atoms with Crippen molar-refractivity contribution in [1.82, 2.24) is 4.90 Å². The van der Waals surface area contributed by atoms with E-state index in [0.29, 0.717) is 34.6 Å².